The number of carbonyl (C=O) groups excluding carboxylic acids is 2. The SMILES string of the molecule is CCOC(=O)C(CC(=O)O)CC1CC(c2ccc(-c3ccc(N4C[C@H](Cn5ccnn5)OC4=O)cc3F)cn2)=NO1. The molecule has 1 fully saturated rings. The van der Waals surface area contributed by atoms with Crippen LogP contribution in [0, 0.1) is 11.7 Å². The average molecular weight is 567 g/mol. The van der Waals surface area contributed by atoms with Gasteiger partial charge in [-0.15, -0.1) is 5.10 Å². The number of benzene rings is 1. The highest BCUT2D eigenvalue weighted by molar-refractivity contribution is 6.00. The molecule has 2 aliphatic rings. The molecule has 5 rings (SSSR count). The third-order valence-electron chi connectivity index (χ3n) is 6.69. The van der Waals surface area contributed by atoms with Gasteiger partial charge in [0.2, 0.25) is 0 Å². The third kappa shape index (κ3) is 6.48. The minimum absolute atomic E-state index is 0.138. The van der Waals surface area contributed by atoms with E-state index >= 15 is 4.39 Å². The van der Waals surface area contributed by atoms with Gasteiger partial charge in [-0.05, 0) is 31.2 Å². The Morgan fingerprint density at radius 3 is 2.78 bits per heavy atom. The third-order valence-corrected chi connectivity index (χ3v) is 6.69. The summed E-state index contributed by atoms with van der Waals surface area (Å²) in [5.41, 5.74) is 2.23. The summed E-state index contributed by atoms with van der Waals surface area (Å²) in [5, 5.41) is 20.8. The van der Waals surface area contributed by atoms with E-state index in [1.54, 1.807) is 42.1 Å². The predicted molar refractivity (Wildman–Crippen MR) is 140 cm³/mol. The zero-order valence-electron chi connectivity index (χ0n) is 22.1. The summed E-state index contributed by atoms with van der Waals surface area (Å²) in [6.07, 6.45) is 3.29. The molecule has 2 aliphatic heterocycles. The number of aliphatic carboxylic acids is 1. The average Bonchev–Trinajstić information content (AvgIpc) is 3.71. The van der Waals surface area contributed by atoms with Crippen molar-refractivity contribution in [2.45, 2.75) is 44.9 Å². The van der Waals surface area contributed by atoms with Crippen LogP contribution in [0.4, 0.5) is 14.9 Å². The zero-order chi connectivity index (χ0) is 28.9. The highest BCUT2D eigenvalue weighted by Gasteiger charge is 2.34. The molecule has 0 saturated carbocycles. The van der Waals surface area contributed by atoms with Crippen molar-refractivity contribution in [2.75, 3.05) is 18.1 Å². The molecule has 0 aliphatic carbocycles. The minimum Gasteiger partial charge on any atom is -0.481 e. The number of aromatic nitrogens is 4. The monoisotopic (exact) mass is 566 g/mol. The Balaban J connectivity index is 1.21. The molecule has 14 heteroatoms. The number of amides is 1. The Kier molecular flexibility index (Phi) is 8.17. The van der Waals surface area contributed by atoms with Gasteiger partial charge in [-0.1, -0.05) is 16.4 Å². The van der Waals surface area contributed by atoms with Gasteiger partial charge in [-0.2, -0.15) is 0 Å². The predicted octanol–water partition coefficient (Wildman–Crippen LogP) is 3.04. The molecule has 4 heterocycles. The maximum Gasteiger partial charge on any atom is 0.414 e. The van der Waals surface area contributed by atoms with Gasteiger partial charge in [-0.3, -0.25) is 19.5 Å². The summed E-state index contributed by atoms with van der Waals surface area (Å²) >= 11 is 0. The Labute approximate surface area is 233 Å². The summed E-state index contributed by atoms with van der Waals surface area (Å²) < 4.78 is 27.1. The van der Waals surface area contributed by atoms with Crippen LogP contribution in [0.15, 0.2) is 54.1 Å². The van der Waals surface area contributed by atoms with Crippen LogP contribution in [0.25, 0.3) is 11.1 Å². The van der Waals surface area contributed by atoms with Gasteiger partial charge in [0, 0.05) is 36.4 Å². The molecular weight excluding hydrogens is 539 g/mol. The number of carbonyl (C=O) groups is 3. The van der Waals surface area contributed by atoms with Crippen molar-refractivity contribution in [3.8, 4) is 11.1 Å². The van der Waals surface area contributed by atoms with E-state index < -0.39 is 42.0 Å². The lowest BCUT2D eigenvalue weighted by molar-refractivity contribution is -0.154. The number of hydrogen-bond donors (Lipinski definition) is 1. The Hall–Kier alpha value is -4.88. The molecule has 2 unspecified atom stereocenters. The number of halogens is 1. The molecule has 13 nitrogen and oxygen atoms in total. The maximum absolute atomic E-state index is 15.2. The second-order valence-corrected chi connectivity index (χ2v) is 9.59. The first-order valence-electron chi connectivity index (χ1n) is 13.0. The normalized spacial score (nSPS) is 18.9. The number of pyridine rings is 1. The second-order valence-electron chi connectivity index (χ2n) is 9.59. The maximum atomic E-state index is 15.2. The molecule has 0 bridgehead atoms. The highest BCUT2D eigenvalue weighted by Crippen LogP contribution is 2.30. The zero-order valence-corrected chi connectivity index (χ0v) is 22.1. The molecule has 3 aromatic rings. The summed E-state index contributed by atoms with van der Waals surface area (Å²) in [6, 6.07) is 7.87. The standard InChI is InChI=1S/C27H27FN6O7/c1-2-39-26(37)17(10-25(35)36)9-19-12-24(31-41-19)23-6-3-16(13-29-23)21-5-4-18(11-22(21)28)34-15-20(40-27(34)38)14-33-8-7-30-32-33/h3-8,11,13,17,19-20H,2,9-10,12,14-15H2,1H3,(H,35,36)/t17?,19?,20-/m0/s1. The Bertz CT molecular complexity index is 1450. The fourth-order valence-electron chi connectivity index (χ4n) is 4.75. The number of rotatable bonds is 11. The van der Waals surface area contributed by atoms with Crippen molar-refractivity contribution in [1.82, 2.24) is 20.0 Å². The molecule has 0 radical (unpaired) electrons. The highest BCUT2D eigenvalue weighted by atomic mass is 19.1. The van der Waals surface area contributed by atoms with Crippen molar-refractivity contribution in [3.05, 3.63) is 60.4 Å². The molecule has 1 amide bonds. The topological polar surface area (TPSA) is 158 Å². The molecule has 1 aromatic carbocycles. The van der Waals surface area contributed by atoms with E-state index in [1.807, 2.05) is 0 Å². The van der Waals surface area contributed by atoms with E-state index in [-0.39, 0.29) is 26.0 Å². The van der Waals surface area contributed by atoms with Crippen LogP contribution in [0.5, 0.6) is 0 Å². The van der Waals surface area contributed by atoms with E-state index in [2.05, 4.69) is 20.5 Å². The van der Waals surface area contributed by atoms with E-state index in [1.165, 1.54) is 23.4 Å². The van der Waals surface area contributed by atoms with E-state index in [0.717, 1.165) is 0 Å². The summed E-state index contributed by atoms with van der Waals surface area (Å²) in [7, 11) is 0. The van der Waals surface area contributed by atoms with Gasteiger partial charge < -0.3 is 19.4 Å². The van der Waals surface area contributed by atoms with Crippen molar-refractivity contribution >= 4 is 29.4 Å². The molecule has 41 heavy (non-hydrogen) atoms. The first-order chi connectivity index (χ1) is 19.8. The quantitative estimate of drug-likeness (QED) is 0.342. The smallest absolute Gasteiger partial charge is 0.414 e. The molecule has 0 spiro atoms. The van der Waals surface area contributed by atoms with Gasteiger partial charge in [0.15, 0.2) is 0 Å². The lowest BCUT2D eigenvalue weighted by atomic mass is 9.95. The van der Waals surface area contributed by atoms with Gasteiger partial charge in [0.05, 0.1) is 49.6 Å². The van der Waals surface area contributed by atoms with E-state index in [9.17, 15) is 14.4 Å². The molecule has 3 atom stereocenters. The summed E-state index contributed by atoms with van der Waals surface area (Å²) in [6.45, 7) is 2.39. The number of carboxylic acid groups (broad SMARTS) is 1. The van der Waals surface area contributed by atoms with Gasteiger partial charge in [-0.25, -0.2) is 13.9 Å². The first kappa shape index (κ1) is 27.7. The molecular formula is C27H27FN6O7. The van der Waals surface area contributed by atoms with Gasteiger partial charge >= 0.3 is 18.0 Å². The van der Waals surface area contributed by atoms with E-state index in [4.69, 9.17) is 19.4 Å². The number of esters is 1. The summed E-state index contributed by atoms with van der Waals surface area (Å²) in [4.78, 5) is 46.9. The van der Waals surface area contributed by atoms with Crippen LogP contribution in [-0.2, 0) is 30.4 Å². The Morgan fingerprint density at radius 1 is 1.24 bits per heavy atom. The molecule has 214 valence electrons. The molecule has 1 N–H and O–H groups in total. The number of oxime groups is 1. The lowest BCUT2D eigenvalue weighted by Gasteiger charge is -2.16. The largest absolute Gasteiger partial charge is 0.481 e. The van der Waals surface area contributed by atoms with Crippen molar-refractivity contribution in [3.63, 3.8) is 0 Å². The van der Waals surface area contributed by atoms with Gasteiger partial charge in [0.25, 0.3) is 0 Å². The summed E-state index contributed by atoms with van der Waals surface area (Å²) in [5.74, 6) is -3.08. The van der Waals surface area contributed by atoms with Crippen molar-refractivity contribution < 1.29 is 38.2 Å². The second kappa shape index (κ2) is 12.1. The lowest BCUT2D eigenvalue weighted by Crippen LogP contribution is -2.26. The van der Waals surface area contributed by atoms with Crippen molar-refractivity contribution in [1.29, 1.82) is 0 Å². The van der Waals surface area contributed by atoms with Gasteiger partial charge in [0.1, 0.15) is 23.7 Å². The number of ether oxygens (including phenoxy) is 2. The van der Waals surface area contributed by atoms with Crippen LogP contribution >= 0.6 is 0 Å². The number of hydrogen-bond acceptors (Lipinski definition) is 10. The van der Waals surface area contributed by atoms with Crippen LogP contribution < -0.4 is 4.90 Å². The van der Waals surface area contributed by atoms with E-state index in [0.29, 0.717) is 41.2 Å². The van der Waals surface area contributed by atoms with Crippen molar-refractivity contribution in [2.24, 2.45) is 11.1 Å². The van der Waals surface area contributed by atoms with Crippen LogP contribution in [-0.4, -0.2) is 74.2 Å². The molecule has 2 aromatic heterocycles. The molecule has 1 saturated heterocycles. The fourth-order valence-corrected chi connectivity index (χ4v) is 4.75. The fraction of sp³-hybridized carbons (Fsp3) is 0.370. The first-order valence-corrected chi connectivity index (χ1v) is 13.0. The number of anilines is 1. The number of cyclic esters (lactones) is 1. The van der Waals surface area contributed by atoms with Crippen LogP contribution in [0.1, 0.15) is 31.9 Å². The van der Waals surface area contributed by atoms with Crippen LogP contribution in [0.2, 0.25) is 0 Å². The Morgan fingerprint density at radius 2 is 2.10 bits per heavy atom. The van der Waals surface area contributed by atoms with Crippen LogP contribution in [0.3, 0.4) is 0 Å². The minimum atomic E-state index is -1.10. The number of nitrogens with zero attached hydrogens (tertiary/aromatic N) is 6. The number of carboxylic acids is 1.